The minimum Gasteiger partial charge on any atom is -0.483 e. The number of aryl methyl sites for hydroxylation is 1. The third-order valence-corrected chi connectivity index (χ3v) is 4.61. The number of ether oxygens (including phenoxy) is 1. The number of hydrogen-bond acceptors (Lipinski definition) is 4. The Morgan fingerprint density at radius 3 is 2.39 bits per heavy atom. The number of nitrogens with one attached hydrogen (secondary N) is 1. The van der Waals surface area contributed by atoms with E-state index in [2.05, 4.69) is 28.1 Å². The Balaban J connectivity index is 2.01. The summed E-state index contributed by atoms with van der Waals surface area (Å²) in [6, 6.07) is 27.2. The van der Waals surface area contributed by atoms with Gasteiger partial charge in [0.05, 0.1) is 11.6 Å². The summed E-state index contributed by atoms with van der Waals surface area (Å²) in [5, 5.41) is 12.3. The van der Waals surface area contributed by atoms with Crippen molar-refractivity contribution in [3.8, 4) is 6.07 Å². The molecule has 5 nitrogen and oxygen atoms in total. The number of aliphatic imine (C=N–C) groups is 2. The molecule has 0 saturated heterocycles. The zero-order chi connectivity index (χ0) is 22.1. The number of hydrogen-bond donors (Lipinski definition) is 1. The van der Waals surface area contributed by atoms with Gasteiger partial charge < -0.3 is 10.1 Å². The summed E-state index contributed by atoms with van der Waals surface area (Å²) >= 11 is 0. The molecule has 3 aromatic carbocycles. The molecular weight excluding hydrogens is 384 g/mol. The number of benzene rings is 3. The van der Waals surface area contributed by atoms with E-state index in [1.165, 1.54) is 0 Å². The van der Waals surface area contributed by atoms with Gasteiger partial charge in [-0.3, -0.25) is 9.98 Å². The molecule has 0 atom stereocenters. The van der Waals surface area contributed by atoms with Crippen molar-refractivity contribution in [1.29, 1.82) is 5.26 Å². The van der Waals surface area contributed by atoms with Crippen LogP contribution in [-0.4, -0.2) is 19.6 Å². The molecule has 3 aromatic rings. The van der Waals surface area contributed by atoms with Gasteiger partial charge in [-0.1, -0.05) is 54.1 Å². The number of nitriles is 1. The van der Waals surface area contributed by atoms with E-state index in [-0.39, 0.29) is 0 Å². The van der Waals surface area contributed by atoms with Crippen LogP contribution in [0.3, 0.4) is 0 Å². The Labute approximate surface area is 183 Å². The minimum atomic E-state index is 0.356. The van der Waals surface area contributed by atoms with Gasteiger partial charge in [0.1, 0.15) is 12.3 Å². The SMILES string of the molecule is C=N/C(=C(/OCc1ccccc1)C(=NC)Nc1ccc(C#N)cc1)c1cccc(C)c1. The zero-order valence-electron chi connectivity index (χ0n) is 17.7. The van der Waals surface area contributed by atoms with E-state index in [1.807, 2.05) is 73.7 Å². The van der Waals surface area contributed by atoms with Gasteiger partial charge in [-0.25, -0.2) is 0 Å². The summed E-state index contributed by atoms with van der Waals surface area (Å²) < 4.78 is 6.25. The maximum Gasteiger partial charge on any atom is 0.188 e. The van der Waals surface area contributed by atoms with Crippen molar-refractivity contribution in [2.24, 2.45) is 9.98 Å². The van der Waals surface area contributed by atoms with E-state index in [4.69, 9.17) is 10.00 Å². The van der Waals surface area contributed by atoms with Crippen molar-refractivity contribution >= 4 is 23.9 Å². The van der Waals surface area contributed by atoms with E-state index in [0.717, 1.165) is 22.4 Å². The van der Waals surface area contributed by atoms with Gasteiger partial charge in [-0.15, -0.1) is 0 Å². The molecule has 0 fully saturated rings. The Kier molecular flexibility index (Phi) is 7.34. The van der Waals surface area contributed by atoms with Crippen molar-refractivity contribution in [3.63, 3.8) is 0 Å². The first-order valence-corrected chi connectivity index (χ1v) is 9.83. The molecule has 0 unspecified atom stereocenters. The van der Waals surface area contributed by atoms with Crippen LogP contribution in [0, 0.1) is 18.3 Å². The van der Waals surface area contributed by atoms with Crippen LogP contribution in [0.15, 0.2) is 94.6 Å². The molecule has 0 aliphatic heterocycles. The lowest BCUT2D eigenvalue weighted by Crippen LogP contribution is -2.18. The second-order valence-electron chi connectivity index (χ2n) is 6.87. The molecule has 154 valence electrons. The molecule has 0 heterocycles. The predicted octanol–water partition coefficient (Wildman–Crippen LogP) is 5.59. The first kappa shape index (κ1) is 21.5. The highest BCUT2D eigenvalue weighted by molar-refractivity contribution is 6.11. The van der Waals surface area contributed by atoms with E-state index < -0.39 is 0 Å². The van der Waals surface area contributed by atoms with Crippen molar-refractivity contribution in [3.05, 3.63) is 107 Å². The molecule has 0 saturated carbocycles. The van der Waals surface area contributed by atoms with Gasteiger partial charge in [0, 0.05) is 18.3 Å². The minimum absolute atomic E-state index is 0.356. The van der Waals surface area contributed by atoms with Gasteiger partial charge in [0.25, 0.3) is 0 Å². The van der Waals surface area contributed by atoms with Crippen molar-refractivity contribution in [1.82, 2.24) is 0 Å². The highest BCUT2D eigenvalue weighted by Gasteiger charge is 2.17. The molecule has 0 aliphatic carbocycles. The third kappa shape index (κ3) is 5.68. The van der Waals surface area contributed by atoms with Gasteiger partial charge in [-0.2, -0.15) is 5.26 Å². The van der Waals surface area contributed by atoms with Crippen LogP contribution in [0.25, 0.3) is 5.70 Å². The average Bonchev–Trinajstić information content (AvgIpc) is 2.81. The smallest absolute Gasteiger partial charge is 0.188 e. The van der Waals surface area contributed by atoms with E-state index in [0.29, 0.717) is 29.5 Å². The maximum atomic E-state index is 9.04. The second kappa shape index (κ2) is 10.6. The number of anilines is 1. The van der Waals surface area contributed by atoms with Crippen LogP contribution >= 0.6 is 0 Å². The lowest BCUT2D eigenvalue weighted by molar-refractivity contribution is 0.219. The molecule has 0 bridgehead atoms. The Morgan fingerprint density at radius 1 is 1.03 bits per heavy atom. The van der Waals surface area contributed by atoms with Crippen LogP contribution in [0.4, 0.5) is 5.69 Å². The Bertz CT molecular complexity index is 1140. The molecular formula is C26H24N4O. The average molecular weight is 409 g/mol. The summed E-state index contributed by atoms with van der Waals surface area (Å²) in [4.78, 5) is 8.72. The van der Waals surface area contributed by atoms with Crippen LogP contribution < -0.4 is 5.32 Å². The quantitative estimate of drug-likeness (QED) is 0.315. The lowest BCUT2D eigenvalue weighted by Gasteiger charge is -2.18. The normalized spacial score (nSPS) is 11.8. The predicted molar refractivity (Wildman–Crippen MR) is 127 cm³/mol. The summed E-state index contributed by atoms with van der Waals surface area (Å²) in [7, 11) is 1.69. The molecule has 0 aromatic heterocycles. The molecule has 5 heteroatoms. The molecule has 0 spiro atoms. The van der Waals surface area contributed by atoms with E-state index >= 15 is 0 Å². The van der Waals surface area contributed by atoms with Crippen molar-refractivity contribution in [2.75, 3.05) is 12.4 Å². The summed E-state index contributed by atoms with van der Waals surface area (Å²) in [6.07, 6.45) is 0. The first-order chi connectivity index (χ1) is 15.1. The number of nitrogens with zero attached hydrogens (tertiary/aromatic N) is 3. The van der Waals surface area contributed by atoms with Gasteiger partial charge in [0.2, 0.25) is 0 Å². The van der Waals surface area contributed by atoms with Crippen molar-refractivity contribution in [2.45, 2.75) is 13.5 Å². The van der Waals surface area contributed by atoms with Crippen LogP contribution in [-0.2, 0) is 11.3 Å². The fourth-order valence-corrected chi connectivity index (χ4v) is 3.04. The maximum absolute atomic E-state index is 9.04. The summed E-state index contributed by atoms with van der Waals surface area (Å²) in [5.74, 6) is 1.01. The Morgan fingerprint density at radius 2 is 1.77 bits per heavy atom. The molecule has 0 aliphatic rings. The summed E-state index contributed by atoms with van der Waals surface area (Å²) in [6.45, 7) is 6.17. The van der Waals surface area contributed by atoms with Crippen LogP contribution in [0.2, 0.25) is 0 Å². The Hall–Kier alpha value is -4.17. The molecule has 0 amide bonds. The third-order valence-electron chi connectivity index (χ3n) is 4.61. The summed E-state index contributed by atoms with van der Waals surface area (Å²) in [5.41, 5.74) is 5.00. The van der Waals surface area contributed by atoms with Crippen LogP contribution in [0.1, 0.15) is 22.3 Å². The second-order valence-corrected chi connectivity index (χ2v) is 6.87. The van der Waals surface area contributed by atoms with Crippen LogP contribution in [0.5, 0.6) is 0 Å². The van der Waals surface area contributed by atoms with Gasteiger partial charge in [0.15, 0.2) is 11.6 Å². The van der Waals surface area contributed by atoms with Gasteiger partial charge in [-0.05, 0) is 49.5 Å². The number of rotatable bonds is 7. The van der Waals surface area contributed by atoms with E-state index in [1.54, 1.807) is 19.2 Å². The largest absolute Gasteiger partial charge is 0.483 e. The molecule has 0 radical (unpaired) electrons. The zero-order valence-corrected chi connectivity index (χ0v) is 17.7. The molecule has 1 N–H and O–H groups in total. The molecule has 31 heavy (non-hydrogen) atoms. The first-order valence-electron chi connectivity index (χ1n) is 9.83. The lowest BCUT2D eigenvalue weighted by atomic mass is 10.1. The van der Waals surface area contributed by atoms with Gasteiger partial charge >= 0.3 is 0 Å². The fourth-order valence-electron chi connectivity index (χ4n) is 3.04. The van der Waals surface area contributed by atoms with Crippen molar-refractivity contribution < 1.29 is 4.74 Å². The fraction of sp³-hybridized carbons (Fsp3) is 0.115. The highest BCUT2D eigenvalue weighted by Crippen LogP contribution is 2.25. The topological polar surface area (TPSA) is 69.8 Å². The van der Waals surface area contributed by atoms with E-state index in [9.17, 15) is 0 Å². The highest BCUT2D eigenvalue weighted by atomic mass is 16.5. The monoisotopic (exact) mass is 408 g/mol. The number of amidine groups is 1. The standard InChI is InChI=1S/C26H24N4O/c1-19-8-7-11-22(16-19)24(28-2)25(31-18-21-9-5-4-6-10-21)26(29-3)30-23-14-12-20(17-27)13-15-23/h4-16H,2,18H2,1,3H3,(H,29,30)/b25-24+. The molecule has 3 rings (SSSR count).